The lowest BCUT2D eigenvalue weighted by atomic mass is 10.1. The van der Waals surface area contributed by atoms with E-state index < -0.39 is 16.0 Å². The van der Waals surface area contributed by atoms with Gasteiger partial charge in [-0.05, 0) is 29.8 Å². The van der Waals surface area contributed by atoms with Gasteiger partial charge in [0, 0.05) is 26.7 Å². The zero-order chi connectivity index (χ0) is 19.3. The molecule has 0 aliphatic rings. The van der Waals surface area contributed by atoms with Crippen molar-refractivity contribution in [2.45, 2.75) is 25.0 Å². The van der Waals surface area contributed by atoms with Crippen LogP contribution < -0.4 is 5.32 Å². The number of rotatable bonds is 7. The van der Waals surface area contributed by atoms with Crippen LogP contribution in [0.25, 0.3) is 0 Å². The van der Waals surface area contributed by atoms with Gasteiger partial charge in [0.2, 0.25) is 11.0 Å². The number of hydrogen-bond acceptors (Lipinski definition) is 6. The standard InChI is InChI=1S/C17H20N2O6S/c1-12(20)18-14-6-4-13(5-7-14)10-16(21)24-11-15-8-9-17(25-15)26(22,23)19(2)3/h4-9H,10-11H2,1-3H3,(H,18,20). The van der Waals surface area contributed by atoms with Gasteiger partial charge in [0.05, 0.1) is 6.42 Å². The highest BCUT2D eigenvalue weighted by molar-refractivity contribution is 7.88. The number of amides is 1. The molecular weight excluding hydrogens is 360 g/mol. The van der Waals surface area contributed by atoms with Crippen molar-refractivity contribution < 1.29 is 27.2 Å². The Labute approximate surface area is 151 Å². The third-order valence-corrected chi connectivity index (χ3v) is 5.06. The Kier molecular flexibility index (Phi) is 6.17. The molecule has 0 saturated heterocycles. The monoisotopic (exact) mass is 380 g/mol. The molecule has 0 saturated carbocycles. The summed E-state index contributed by atoms with van der Waals surface area (Å²) in [6.45, 7) is 1.25. The first-order valence-electron chi connectivity index (χ1n) is 7.72. The van der Waals surface area contributed by atoms with Gasteiger partial charge >= 0.3 is 5.97 Å². The number of benzene rings is 1. The lowest BCUT2D eigenvalue weighted by molar-refractivity contribution is -0.144. The summed E-state index contributed by atoms with van der Waals surface area (Å²) in [5.41, 5.74) is 1.36. The SMILES string of the molecule is CC(=O)Nc1ccc(CC(=O)OCc2ccc(S(=O)(=O)N(C)C)o2)cc1. The maximum Gasteiger partial charge on any atom is 0.310 e. The number of esters is 1. The van der Waals surface area contributed by atoms with Gasteiger partial charge in [0.1, 0.15) is 12.4 Å². The van der Waals surface area contributed by atoms with E-state index in [-0.39, 0.29) is 29.8 Å². The zero-order valence-corrected chi connectivity index (χ0v) is 15.5. The minimum absolute atomic E-state index is 0.0455. The second-order valence-corrected chi connectivity index (χ2v) is 7.81. The van der Waals surface area contributed by atoms with Crippen molar-refractivity contribution in [2.24, 2.45) is 0 Å². The Hall–Kier alpha value is -2.65. The third-order valence-electron chi connectivity index (χ3n) is 3.37. The topological polar surface area (TPSA) is 106 Å². The van der Waals surface area contributed by atoms with Gasteiger partial charge in [0.25, 0.3) is 10.0 Å². The molecule has 2 aromatic rings. The molecule has 0 fully saturated rings. The van der Waals surface area contributed by atoms with Crippen LogP contribution in [0.4, 0.5) is 5.69 Å². The largest absolute Gasteiger partial charge is 0.457 e. The Morgan fingerprint density at radius 1 is 1.12 bits per heavy atom. The highest BCUT2D eigenvalue weighted by Gasteiger charge is 2.21. The molecule has 0 spiro atoms. The van der Waals surface area contributed by atoms with Crippen molar-refractivity contribution in [3.05, 3.63) is 47.7 Å². The lowest BCUT2D eigenvalue weighted by Gasteiger charge is -2.08. The fourth-order valence-electron chi connectivity index (χ4n) is 2.03. The Morgan fingerprint density at radius 3 is 2.35 bits per heavy atom. The van der Waals surface area contributed by atoms with Crippen LogP contribution in [0.2, 0.25) is 0 Å². The molecule has 1 N–H and O–H groups in total. The van der Waals surface area contributed by atoms with Crippen molar-refractivity contribution >= 4 is 27.6 Å². The minimum Gasteiger partial charge on any atom is -0.457 e. The summed E-state index contributed by atoms with van der Waals surface area (Å²) in [6.07, 6.45) is 0.0455. The van der Waals surface area contributed by atoms with Crippen molar-refractivity contribution in [1.82, 2.24) is 4.31 Å². The van der Waals surface area contributed by atoms with Crippen LogP contribution >= 0.6 is 0 Å². The van der Waals surface area contributed by atoms with Crippen molar-refractivity contribution in [2.75, 3.05) is 19.4 Å². The number of anilines is 1. The second-order valence-electron chi connectivity index (χ2n) is 5.72. The average molecular weight is 380 g/mol. The van der Waals surface area contributed by atoms with Crippen molar-refractivity contribution in [1.29, 1.82) is 0 Å². The number of furan rings is 1. The second kappa shape index (κ2) is 8.15. The van der Waals surface area contributed by atoms with Crippen LogP contribution in [0.5, 0.6) is 0 Å². The van der Waals surface area contributed by atoms with E-state index in [1.807, 2.05) is 0 Å². The summed E-state index contributed by atoms with van der Waals surface area (Å²) in [4.78, 5) is 22.9. The van der Waals surface area contributed by atoms with Crippen molar-refractivity contribution in [3.63, 3.8) is 0 Å². The normalized spacial score (nSPS) is 11.4. The van der Waals surface area contributed by atoms with E-state index >= 15 is 0 Å². The van der Waals surface area contributed by atoms with E-state index in [0.29, 0.717) is 5.69 Å². The van der Waals surface area contributed by atoms with Gasteiger partial charge in [-0.2, -0.15) is 0 Å². The first-order chi connectivity index (χ1) is 12.2. The van der Waals surface area contributed by atoms with E-state index in [1.54, 1.807) is 24.3 Å². The highest BCUT2D eigenvalue weighted by atomic mass is 32.2. The predicted molar refractivity (Wildman–Crippen MR) is 93.8 cm³/mol. The molecule has 1 aromatic carbocycles. The molecule has 0 aliphatic heterocycles. The maximum atomic E-state index is 11.9. The number of carbonyl (C=O) groups excluding carboxylic acids is 2. The zero-order valence-electron chi connectivity index (χ0n) is 14.7. The first kappa shape index (κ1) is 19.7. The summed E-state index contributed by atoms with van der Waals surface area (Å²) >= 11 is 0. The average Bonchev–Trinajstić information content (AvgIpc) is 3.04. The number of sulfonamides is 1. The maximum absolute atomic E-state index is 11.9. The summed E-state index contributed by atoms with van der Waals surface area (Å²) in [6, 6.07) is 9.57. The summed E-state index contributed by atoms with van der Waals surface area (Å²) in [7, 11) is -0.865. The van der Waals surface area contributed by atoms with Gasteiger partial charge in [-0.15, -0.1) is 0 Å². The van der Waals surface area contributed by atoms with Gasteiger partial charge in [-0.25, -0.2) is 12.7 Å². The summed E-state index contributed by atoms with van der Waals surface area (Å²) < 4.78 is 35.2. The molecule has 0 aliphatic carbocycles. The highest BCUT2D eigenvalue weighted by Crippen LogP contribution is 2.18. The first-order valence-corrected chi connectivity index (χ1v) is 9.16. The molecule has 1 heterocycles. The molecule has 26 heavy (non-hydrogen) atoms. The minimum atomic E-state index is -3.66. The van der Waals surface area contributed by atoms with Gasteiger partial charge in [-0.3, -0.25) is 9.59 Å². The number of ether oxygens (including phenoxy) is 1. The molecule has 8 nitrogen and oxygen atoms in total. The third kappa shape index (κ3) is 5.17. The molecule has 140 valence electrons. The fraction of sp³-hybridized carbons (Fsp3) is 0.294. The smallest absolute Gasteiger partial charge is 0.310 e. The van der Waals surface area contributed by atoms with Crippen LogP contribution in [0.15, 0.2) is 45.9 Å². The molecular formula is C17H20N2O6S. The van der Waals surface area contributed by atoms with Gasteiger partial charge in [0.15, 0.2) is 0 Å². The van der Waals surface area contributed by atoms with Crippen LogP contribution in [-0.2, 0) is 37.4 Å². The van der Waals surface area contributed by atoms with E-state index in [1.165, 1.54) is 33.2 Å². The molecule has 0 unspecified atom stereocenters. The number of nitrogens with zero attached hydrogens (tertiary/aromatic N) is 1. The van der Waals surface area contributed by atoms with Gasteiger partial charge < -0.3 is 14.5 Å². The van der Waals surface area contributed by atoms with Crippen LogP contribution in [0.1, 0.15) is 18.2 Å². The number of carbonyl (C=O) groups is 2. The van der Waals surface area contributed by atoms with E-state index in [2.05, 4.69) is 5.32 Å². The molecule has 9 heteroatoms. The van der Waals surface area contributed by atoms with Gasteiger partial charge in [-0.1, -0.05) is 12.1 Å². The summed E-state index contributed by atoms with van der Waals surface area (Å²) in [5, 5.41) is 2.43. The number of nitrogens with one attached hydrogen (secondary N) is 1. The number of hydrogen-bond donors (Lipinski definition) is 1. The van der Waals surface area contributed by atoms with Crippen molar-refractivity contribution in [3.8, 4) is 0 Å². The Morgan fingerprint density at radius 2 is 1.77 bits per heavy atom. The Balaban J connectivity index is 1.89. The predicted octanol–water partition coefficient (Wildman–Crippen LogP) is 1.77. The summed E-state index contributed by atoms with van der Waals surface area (Å²) in [5.74, 6) is -0.420. The molecule has 2 rings (SSSR count). The van der Waals surface area contributed by atoms with E-state index in [0.717, 1.165) is 9.87 Å². The Bertz CT molecular complexity index is 884. The lowest BCUT2D eigenvalue weighted by Crippen LogP contribution is -2.21. The van der Waals surface area contributed by atoms with E-state index in [9.17, 15) is 18.0 Å². The molecule has 0 radical (unpaired) electrons. The van der Waals surface area contributed by atoms with Crippen LogP contribution in [0, 0.1) is 0 Å². The fourth-order valence-corrected chi connectivity index (χ4v) is 2.85. The quantitative estimate of drug-likeness (QED) is 0.734. The van der Waals surface area contributed by atoms with E-state index in [4.69, 9.17) is 9.15 Å². The molecule has 0 bridgehead atoms. The van der Waals surface area contributed by atoms with Crippen LogP contribution in [0.3, 0.4) is 0 Å². The molecule has 1 amide bonds. The molecule has 0 atom stereocenters. The van der Waals surface area contributed by atoms with Crippen LogP contribution in [-0.4, -0.2) is 38.7 Å². The molecule has 1 aromatic heterocycles.